The van der Waals surface area contributed by atoms with Crippen LogP contribution in [0.1, 0.15) is 55.1 Å². The van der Waals surface area contributed by atoms with E-state index < -0.39 is 0 Å². The van der Waals surface area contributed by atoms with E-state index in [0.717, 1.165) is 5.92 Å². The van der Waals surface area contributed by atoms with Gasteiger partial charge in [0.05, 0.1) is 0 Å². The molecule has 2 bridgehead atoms. The van der Waals surface area contributed by atoms with Crippen LogP contribution in [0.15, 0.2) is 18.3 Å². The number of amides is 1. The summed E-state index contributed by atoms with van der Waals surface area (Å²) in [6, 6.07) is 3.88. The Morgan fingerprint density at radius 1 is 1.47 bits per heavy atom. The van der Waals surface area contributed by atoms with Gasteiger partial charge in [-0.2, -0.15) is 0 Å². The van der Waals surface area contributed by atoms with Crippen LogP contribution >= 0.6 is 0 Å². The van der Waals surface area contributed by atoms with Crippen molar-refractivity contribution in [2.24, 2.45) is 5.92 Å². The third-order valence-electron chi connectivity index (χ3n) is 4.10. The highest BCUT2D eigenvalue weighted by atomic mass is 16.2. The van der Waals surface area contributed by atoms with E-state index in [1.54, 1.807) is 6.20 Å². The largest absolute Gasteiger partial charge is 0.345 e. The quantitative estimate of drug-likeness (QED) is 0.866. The number of rotatable bonds is 3. The number of hydrogen-bond donors (Lipinski definition) is 1. The standard InChI is InChI=1S/C14H18N2O/c1-9(2)11-3-4-15-12(5-11)13(17)16-14-6-10(7-14)8-14/h3-5,9-10H,6-8H2,1-2H3,(H,16,17). The Balaban J connectivity index is 1.74. The zero-order chi connectivity index (χ0) is 12.0. The number of hydrogen-bond acceptors (Lipinski definition) is 2. The molecular weight excluding hydrogens is 212 g/mol. The van der Waals surface area contributed by atoms with Crippen LogP contribution < -0.4 is 5.32 Å². The monoisotopic (exact) mass is 230 g/mol. The molecule has 3 aliphatic rings. The summed E-state index contributed by atoms with van der Waals surface area (Å²) in [5.41, 5.74) is 1.86. The van der Waals surface area contributed by atoms with Crippen LogP contribution in [0.5, 0.6) is 0 Å². The highest BCUT2D eigenvalue weighted by Gasteiger charge is 2.57. The van der Waals surface area contributed by atoms with Crippen LogP contribution in [0, 0.1) is 5.92 Å². The van der Waals surface area contributed by atoms with E-state index >= 15 is 0 Å². The number of nitrogens with zero attached hydrogens (tertiary/aromatic N) is 1. The number of pyridine rings is 1. The van der Waals surface area contributed by atoms with Crippen molar-refractivity contribution in [2.75, 3.05) is 0 Å². The van der Waals surface area contributed by atoms with E-state index in [9.17, 15) is 4.79 Å². The van der Waals surface area contributed by atoms with Gasteiger partial charge in [0.25, 0.3) is 5.91 Å². The summed E-state index contributed by atoms with van der Waals surface area (Å²) in [7, 11) is 0. The van der Waals surface area contributed by atoms with Crippen LogP contribution in [-0.2, 0) is 0 Å². The molecule has 3 saturated carbocycles. The average molecular weight is 230 g/mol. The molecule has 3 nitrogen and oxygen atoms in total. The number of carbonyl (C=O) groups excluding carboxylic acids is 1. The van der Waals surface area contributed by atoms with E-state index in [4.69, 9.17) is 0 Å². The molecule has 1 aromatic heterocycles. The summed E-state index contributed by atoms with van der Waals surface area (Å²) in [6.45, 7) is 4.25. The molecule has 0 spiro atoms. The minimum absolute atomic E-state index is 0.00866. The third-order valence-corrected chi connectivity index (χ3v) is 4.10. The zero-order valence-corrected chi connectivity index (χ0v) is 10.4. The minimum atomic E-state index is -0.00866. The average Bonchev–Trinajstić information content (AvgIpc) is 2.21. The van der Waals surface area contributed by atoms with Crippen molar-refractivity contribution in [3.63, 3.8) is 0 Å². The molecule has 1 N–H and O–H groups in total. The second-order valence-electron chi connectivity index (χ2n) is 5.84. The molecule has 90 valence electrons. The maximum absolute atomic E-state index is 12.1. The van der Waals surface area contributed by atoms with Crippen LogP contribution in [0.2, 0.25) is 0 Å². The molecule has 0 atom stereocenters. The first kappa shape index (κ1) is 10.8. The Morgan fingerprint density at radius 3 is 2.71 bits per heavy atom. The van der Waals surface area contributed by atoms with Gasteiger partial charge < -0.3 is 5.32 Å². The van der Waals surface area contributed by atoms with Crippen molar-refractivity contribution in [1.82, 2.24) is 10.3 Å². The molecule has 3 aliphatic carbocycles. The molecule has 3 fully saturated rings. The molecule has 17 heavy (non-hydrogen) atoms. The van der Waals surface area contributed by atoms with Gasteiger partial charge in [-0.1, -0.05) is 13.8 Å². The Morgan fingerprint density at radius 2 is 2.18 bits per heavy atom. The Hall–Kier alpha value is -1.38. The molecule has 3 heteroatoms. The summed E-state index contributed by atoms with van der Waals surface area (Å²) < 4.78 is 0. The van der Waals surface area contributed by atoms with E-state index in [0.29, 0.717) is 11.6 Å². The van der Waals surface area contributed by atoms with Crippen LogP contribution in [0.4, 0.5) is 0 Å². The lowest BCUT2D eigenvalue weighted by atomic mass is 9.50. The highest BCUT2D eigenvalue weighted by Crippen LogP contribution is 2.56. The Kier molecular flexibility index (Phi) is 2.25. The molecule has 0 saturated heterocycles. The fourth-order valence-electron chi connectivity index (χ4n) is 2.87. The summed E-state index contributed by atoms with van der Waals surface area (Å²) >= 11 is 0. The van der Waals surface area contributed by atoms with Gasteiger partial charge in [-0.3, -0.25) is 9.78 Å². The van der Waals surface area contributed by atoms with E-state index in [1.165, 1.54) is 24.8 Å². The van der Waals surface area contributed by atoms with Gasteiger partial charge in [0, 0.05) is 11.7 Å². The number of carbonyl (C=O) groups is 1. The molecule has 0 aliphatic heterocycles. The molecule has 0 aromatic carbocycles. The van der Waals surface area contributed by atoms with Crippen molar-refractivity contribution < 1.29 is 4.79 Å². The first-order chi connectivity index (χ1) is 8.08. The molecule has 0 unspecified atom stereocenters. The van der Waals surface area contributed by atoms with Gasteiger partial charge >= 0.3 is 0 Å². The van der Waals surface area contributed by atoms with Crippen molar-refractivity contribution in [2.45, 2.75) is 44.6 Å². The van der Waals surface area contributed by atoms with Gasteiger partial charge in [0.15, 0.2) is 0 Å². The lowest BCUT2D eigenvalue weighted by Gasteiger charge is -2.61. The van der Waals surface area contributed by atoms with Crippen LogP contribution in [0.3, 0.4) is 0 Å². The summed E-state index contributed by atoms with van der Waals surface area (Å²) in [5.74, 6) is 1.30. The molecule has 1 aromatic rings. The predicted octanol–water partition coefficient (Wildman–Crippen LogP) is 2.49. The smallest absolute Gasteiger partial charge is 0.270 e. The zero-order valence-electron chi connectivity index (χ0n) is 10.4. The lowest BCUT2D eigenvalue weighted by molar-refractivity contribution is -0.0439. The van der Waals surface area contributed by atoms with E-state index in [-0.39, 0.29) is 11.4 Å². The second-order valence-corrected chi connectivity index (χ2v) is 5.84. The summed E-state index contributed by atoms with van der Waals surface area (Å²) in [5, 5.41) is 3.14. The van der Waals surface area contributed by atoms with E-state index in [1.807, 2.05) is 12.1 Å². The van der Waals surface area contributed by atoms with Crippen molar-refractivity contribution in [3.05, 3.63) is 29.6 Å². The summed E-state index contributed by atoms with van der Waals surface area (Å²) in [6.07, 6.45) is 5.24. The van der Waals surface area contributed by atoms with Crippen molar-refractivity contribution >= 4 is 5.91 Å². The Bertz CT molecular complexity index is 450. The number of nitrogens with one attached hydrogen (secondary N) is 1. The second kappa shape index (κ2) is 3.56. The fourth-order valence-corrected chi connectivity index (χ4v) is 2.87. The maximum atomic E-state index is 12.1. The van der Waals surface area contributed by atoms with Crippen LogP contribution in [0.25, 0.3) is 0 Å². The molecule has 0 radical (unpaired) electrons. The van der Waals surface area contributed by atoms with Crippen molar-refractivity contribution in [3.8, 4) is 0 Å². The SMILES string of the molecule is CC(C)c1ccnc(C(=O)NC23CC(C2)C3)c1. The van der Waals surface area contributed by atoms with Gasteiger partial charge in [0.1, 0.15) is 5.69 Å². The molecule has 1 amide bonds. The lowest BCUT2D eigenvalue weighted by Crippen LogP contribution is -2.68. The van der Waals surface area contributed by atoms with Crippen molar-refractivity contribution in [1.29, 1.82) is 0 Å². The van der Waals surface area contributed by atoms with Crippen LogP contribution in [-0.4, -0.2) is 16.4 Å². The fraction of sp³-hybridized carbons (Fsp3) is 0.571. The highest BCUT2D eigenvalue weighted by molar-refractivity contribution is 5.93. The van der Waals surface area contributed by atoms with Gasteiger partial charge in [0.2, 0.25) is 0 Å². The minimum Gasteiger partial charge on any atom is -0.345 e. The third kappa shape index (κ3) is 1.74. The first-order valence-corrected chi connectivity index (χ1v) is 6.36. The Labute approximate surface area is 102 Å². The maximum Gasteiger partial charge on any atom is 0.270 e. The van der Waals surface area contributed by atoms with Gasteiger partial charge in [-0.05, 0) is 48.8 Å². The van der Waals surface area contributed by atoms with Gasteiger partial charge in [-0.15, -0.1) is 0 Å². The number of aromatic nitrogens is 1. The van der Waals surface area contributed by atoms with E-state index in [2.05, 4.69) is 24.1 Å². The molecule has 4 rings (SSSR count). The predicted molar refractivity (Wildman–Crippen MR) is 65.9 cm³/mol. The normalized spacial score (nSPS) is 29.5. The first-order valence-electron chi connectivity index (χ1n) is 6.36. The molecule has 1 heterocycles. The summed E-state index contributed by atoms with van der Waals surface area (Å²) in [4.78, 5) is 16.2. The topological polar surface area (TPSA) is 42.0 Å². The van der Waals surface area contributed by atoms with Gasteiger partial charge in [-0.25, -0.2) is 0 Å². The molecular formula is C14H18N2O.